The Labute approximate surface area is 411 Å². The number of carbonyl (C=O) groups is 2. The zero-order chi connectivity index (χ0) is 43.7. The Kier molecular flexibility index (Phi) is 23.7. The molecule has 0 bridgehead atoms. The van der Waals surface area contributed by atoms with Crippen LogP contribution in [0.15, 0.2) is 97.1 Å². The molecule has 8 rings (SSSR count). The number of likely N-dealkylation sites (tertiary alicyclic amines) is 3. The maximum Gasteiger partial charge on any atom is 0.265 e. The van der Waals surface area contributed by atoms with Crippen molar-refractivity contribution >= 4 is 75.9 Å². The molecule has 360 valence electrons. The largest absolute Gasteiger partial charge is 0.508 e. The van der Waals surface area contributed by atoms with E-state index in [4.69, 9.17) is 9.29 Å². The van der Waals surface area contributed by atoms with E-state index in [9.17, 15) is 31.9 Å². The smallest absolute Gasteiger partial charge is 0.265 e. The summed E-state index contributed by atoms with van der Waals surface area (Å²) in [7, 11) is -3.59. The van der Waals surface area contributed by atoms with E-state index in [1.165, 1.54) is 5.56 Å². The van der Waals surface area contributed by atoms with Gasteiger partial charge in [-0.3, -0.25) is 18.7 Å². The maximum absolute atomic E-state index is 14.9. The van der Waals surface area contributed by atoms with Crippen LogP contribution >= 0.6 is 54.0 Å². The molecule has 0 spiro atoms. The fourth-order valence-corrected chi connectivity index (χ4v) is 9.04. The van der Waals surface area contributed by atoms with Crippen molar-refractivity contribution in [1.82, 2.24) is 20.0 Å². The highest BCUT2D eigenvalue weighted by molar-refractivity contribution is 7.86. The predicted molar refractivity (Wildman–Crippen MR) is 273 cm³/mol. The molecule has 0 aliphatic carbocycles. The molecule has 6 atom stereocenters. The molecular formula is C47H66F2N4O7S5. The number of aromatic hydroxyl groups is 2. The number of carbonyl (C=O) groups excluding carboxylic acids is 2. The third-order valence-electron chi connectivity index (χ3n) is 11.9. The number of phenols is 2. The van der Waals surface area contributed by atoms with Gasteiger partial charge in [-0.15, -0.1) is 0 Å². The lowest BCUT2D eigenvalue weighted by Gasteiger charge is -2.37. The highest BCUT2D eigenvalue weighted by Crippen LogP contribution is 2.34. The summed E-state index contributed by atoms with van der Waals surface area (Å²) in [4.78, 5) is 30.4. The Bertz CT molecular complexity index is 2180. The lowest BCUT2D eigenvalue weighted by atomic mass is 9.87. The van der Waals surface area contributed by atoms with Crippen LogP contribution in [0.5, 0.6) is 11.5 Å². The first-order valence-electron chi connectivity index (χ1n) is 21.0. The Morgan fingerprint density at radius 1 is 0.631 bits per heavy atom. The summed E-state index contributed by atoms with van der Waals surface area (Å²) in [5.41, 5.74) is 6.43. The summed E-state index contributed by atoms with van der Waals surface area (Å²) in [6, 6.07) is 29.6. The summed E-state index contributed by atoms with van der Waals surface area (Å²) in [6.45, 7) is 8.73. The molecule has 4 saturated heterocycles. The number of nitrogens with one attached hydrogen (secondary N) is 1. The first-order valence-corrected chi connectivity index (χ1v) is 22.8. The minimum atomic E-state index is -3.59. The van der Waals surface area contributed by atoms with Gasteiger partial charge in [-0.1, -0.05) is 83.9 Å². The van der Waals surface area contributed by atoms with Gasteiger partial charge in [0.05, 0.1) is 12.3 Å². The van der Waals surface area contributed by atoms with E-state index in [-0.39, 0.29) is 95.2 Å². The molecule has 65 heavy (non-hydrogen) atoms. The SMILES string of the molecule is Cc1ccc(CN2CC[C@@H](N3CC[C@@H](c4ccc(O)cc4)[C@H](F)C3)C2=O)cc1.Cc1ccc(CN2CC[C@H](OS(C)(=O)=O)C2=O)cc1.Oc1ccc([C@@H]2CCNC[C@H]2F)cc1.S.S.S.S. The summed E-state index contributed by atoms with van der Waals surface area (Å²) < 4.78 is 55.3. The number of halogens is 2. The molecule has 18 heteroatoms. The third-order valence-corrected chi connectivity index (χ3v) is 12.4. The number of aryl methyl sites for hydroxylation is 2. The standard InChI is InChI=1S/C23H27FN2O2.C13H17NO4S.C11H14FNO.4H2S/c1-16-2-4-17(5-3-16)14-26-13-11-22(23(26)28)25-12-10-20(21(24)15-25)18-6-8-19(27)9-7-18;1-10-3-5-11(6-4-10)9-14-8-7-12(13(14)15)18-19(2,16)17;12-11-7-13-6-5-10(11)8-1-3-9(14)4-2-8;;;;/h2-9,20-22,27H,10-15H2,1H3;3-6,12H,7-9H2,1-2H3;1-4,10-11,13-14H,5-7H2;4*1H2/t20-,21+,22+;12-;10-,11+;;;;/m000..../s1. The number of hydrogen-bond donors (Lipinski definition) is 3. The molecule has 11 nitrogen and oxygen atoms in total. The van der Waals surface area contributed by atoms with E-state index in [1.54, 1.807) is 53.4 Å². The Morgan fingerprint density at radius 2 is 1.09 bits per heavy atom. The van der Waals surface area contributed by atoms with Crippen molar-refractivity contribution in [3.8, 4) is 11.5 Å². The van der Waals surface area contributed by atoms with Crippen LogP contribution in [0.1, 0.15) is 70.9 Å². The van der Waals surface area contributed by atoms with Crippen molar-refractivity contribution in [2.45, 2.75) is 88.9 Å². The molecule has 4 fully saturated rings. The van der Waals surface area contributed by atoms with Crippen LogP contribution in [0.2, 0.25) is 0 Å². The van der Waals surface area contributed by atoms with E-state index < -0.39 is 28.6 Å². The quantitative estimate of drug-likeness (QED) is 0.152. The van der Waals surface area contributed by atoms with Gasteiger partial charge < -0.3 is 25.3 Å². The number of rotatable bonds is 9. The number of amides is 2. The third kappa shape index (κ3) is 16.7. The van der Waals surface area contributed by atoms with Crippen LogP contribution in [0.3, 0.4) is 0 Å². The van der Waals surface area contributed by atoms with Gasteiger partial charge >= 0.3 is 0 Å². The van der Waals surface area contributed by atoms with Gasteiger partial charge in [0.15, 0.2) is 6.10 Å². The van der Waals surface area contributed by atoms with Gasteiger partial charge in [-0.2, -0.15) is 62.4 Å². The zero-order valence-corrected chi connectivity index (χ0v) is 41.9. The molecule has 4 aromatic rings. The monoisotopic (exact) mass is 996 g/mol. The highest BCUT2D eigenvalue weighted by atomic mass is 32.2. The fourth-order valence-electron chi connectivity index (χ4n) is 8.44. The maximum atomic E-state index is 14.9. The number of piperidine rings is 2. The van der Waals surface area contributed by atoms with Crippen molar-refractivity contribution in [2.24, 2.45) is 0 Å². The Morgan fingerprint density at radius 3 is 1.55 bits per heavy atom. The first-order chi connectivity index (χ1) is 29.1. The van der Waals surface area contributed by atoms with Gasteiger partial charge in [0.2, 0.25) is 5.91 Å². The number of alkyl halides is 2. The van der Waals surface area contributed by atoms with Crippen molar-refractivity contribution in [3.63, 3.8) is 0 Å². The second kappa shape index (κ2) is 26.7. The van der Waals surface area contributed by atoms with E-state index >= 15 is 0 Å². The normalized spacial score (nSPS) is 23.0. The molecule has 4 aliphatic heterocycles. The van der Waals surface area contributed by atoms with Crippen LogP contribution in [-0.2, 0) is 37.0 Å². The van der Waals surface area contributed by atoms with Crippen molar-refractivity contribution in [1.29, 1.82) is 0 Å². The Balaban J connectivity index is 0.000000345. The number of benzene rings is 4. The van der Waals surface area contributed by atoms with Gasteiger partial charge in [-0.05, 0) is 92.7 Å². The molecule has 0 radical (unpaired) electrons. The first kappa shape index (κ1) is 57.6. The highest BCUT2D eigenvalue weighted by Gasteiger charge is 2.41. The van der Waals surface area contributed by atoms with Gasteiger partial charge in [-0.25, -0.2) is 8.78 Å². The number of phenolic OH excluding ortho intramolecular Hbond substituents is 2. The molecule has 4 aromatic carbocycles. The second-order valence-electron chi connectivity index (χ2n) is 16.6. The number of hydrogen-bond acceptors (Lipinski definition) is 9. The molecule has 4 heterocycles. The van der Waals surface area contributed by atoms with E-state index in [1.807, 2.05) is 41.0 Å². The molecule has 0 aromatic heterocycles. The summed E-state index contributed by atoms with van der Waals surface area (Å²) in [5.74, 6) is 0.107. The average molecular weight is 997 g/mol. The van der Waals surface area contributed by atoms with E-state index in [0.717, 1.165) is 66.5 Å². The molecule has 2 amide bonds. The molecular weight excluding hydrogens is 931 g/mol. The molecule has 4 aliphatic rings. The van der Waals surface area contributed by atoms with Crippen LogP contribution in [0.4, 0.5) is 8.78 Å². The minimum absolute atomic E-state index is 0. The van der Waals surface area contributed by atoms with Gasteiger partial charge in [0, 0.05) is 57.5 Å². The Hall–Kier alpha value is -3.49. The van der Waals surface area contributed by atoms with Crippen molar-refractivity contribution in [2.75, 3.05) is 45.5 Å². The number of nitrogens with zero attached hydrogens (tertiary/aromatic N) is 3. The zero-order valence-electron chi connectivity index (χ0n) is 37.1. The van der Waals surface area contributed by atoms with E-state index in [0.29, 0.717) is 45.6 Å². The topological polar surface area (TPSA) is 140 Å². The van der Waals surface area contributed by atoms with Crippen molar-refractivity contribution in [3.05, 3.63) is 130 Å². The van der Waals surface area contributed by atoms with E-state index in [2.05, 4.69) is 36.5 Å². The molecule has 0 unspecified atom stereocenters. The fraction of sp³-hybridized carbons (Fsp3) is 0.447. The second-order valence-corrected chi connectivity index (χ2v) is 18.2. The summed E-state index contributed by atoms with van der Waals surface area (Å²) in [5, 5.41) is 21.6. The minimum Gasteiger partial charge on any atom is -0.508 e. The van der Waals surface area contributed by atoms with Crippen LogP contribution in [-0.4, -0.2) is 115 Å². The molecule has 3 N–H and O–H groups in total. The van der Waals surface area contributed by atoms with Crippen LogP contribution < -0.4 is 5.32 Å². The van der Waals surface area contributed by atoms with Gasteiger partial charge in [0.1, 0.15) is 23.8 Å². The summed E-state index contributed by atoms with van der Waals surface area (Å²) >= 11 is 0. The lowest BCUT2D eigenvalue weighted by Crippen LogP contribution is -2.49. The summed E-state index contributed by atoms with van der Waals surface area (Å²) in [6.07, 6.45) is 0.979. The van der Waals surface area contributed by atoms with Gasteiger partial charge in [0.25, 0.3) is 16.0 Å². The lowest BCUT2D eigenvalue weighted by molar-refractivity contribution is -0.134. The van der Waals surface area contributed by atoms with Crippen LogP contribution in [0.25, 0.3) is 0 Å². The van der Waals surface area contributed by atoms with Crippen LogP contribution in [0, 0.1) is 13.8 Å². The predicted octanol–water partition coefficient (Wildman–Crippen LogP) is 6.96. The van der Waals surface area contributed by atoms with Crippen molar-refractivity contribution < 1.29 is 41.2 Å². The molecule has 0 saturated carbocycles. The average Bonchev–Trinajstić information content (AvgIpc) is 3.76.